The van der Waals surface area contributed by atoms with Gasteiger partial charge >= 0.3 is 0 Å². The molecule has 114 valence electrons. The lowest BCUT2D eigenvalue weighted by Crippen LogP contribution is -2.39. The molecule has 3 nitrogen and oxygen atoms in total. The Bertz CT molecular complexity index is 588. The van der Waals surface area contributed by atoms with E-state index in [4.69, 9.17) is 0 Å². The van der Waals surface area contributed by atoms with E-state index in [1.165, 1.54) is 17.0 Å². The molecule has 0 bridgehead atoms. The quantitative estimate of drug-likeness (QED) is 0.889. The second-order valence-electron chi connectivity index (χ2n) is 5.73. The number of rotatable bonds is 5. The van der Waals surface area contributed by atoms with E-state index in [2.05, 4.69) is 17.2 Å². The van der Waals surface area contributed by atoms with Gasteiger partial charge in [-0.25, -0.2) is 9.37 Å². The Kier molecular flexibility index (Phi) is 4.76. The van der Waals surface area contributed by atoms with Crippen LogP contribution in [-0.2, 0) is 5.54 Å². The van der Waals surface area contributed by atoms with Gasteiger partial charge in [0.1, 0.15) is 10.8 Å². The largest absolute Gasteiger partial charge is 0.387 e. The fourth-order valence-corrected chi connectivity index (χ4v) is 2.96. The molecule has 0 spiro atoms. The Balaban J connectivity index is 2.02. The molecule has 0 aliphatic carbocycles. The first-order valence-electron chi connectivity index (χ1n) is 6.92. The van der Waals surface area contributed by atoms with E-state index in [9.17, 15) is 9.50 Å². The molecule has 2 rings (SSSR count). The molecule has 21 heavy (non-hydrogen) atoms. The third-order valence-electron chi connectivity index (χ3n) is 3.56. The standard InChI is InChI=1S/C16H21FN2OS/c1-10-11(2)21-15(19-10)16(3,4)18-9-14(20)12-5-7-13(17)8-6-12/h5-8,14,18,20H,9H2,1-4H3. The van der Waals surface area contributed by atoms with Crippen molar-refractivity contribution in [2.24, 2.45) is 0 Å². The second kappa shape index (κ2) is 6.22. The molecule has 2 aromatic rings. The van der Waals surface area contributed by atoms with Gasteiger partial charge in [0, 0.05) is 11.4 Å². The van der Waals surface area contributed by atoms with E-state index >= 15 is 0 Å². The van der Waals surface area contributed by atoms with Crippen LogP contribution < -0.4 is 5.32 Å². The average Bonchev–Trinajstić information content (AvgIpc) is 2.78. The van der Waals surface area contributed by atoms with Crippen molar-refractivity contribution in [3.8, 4) is 0 Å². The minimum atomic E-state index is -0.674. The molecular formula is C16H21FN2OS. The van der Waals surface area contributed by atoms with E-state index in [1.807, 2.05) is 20.8 Å². The molecule has 0 fully saturated rings. The number of benzene rings is 1. The van der Waals surface area contributed by atoms with E-state index in [0.717, 1.165) is 10.7 Å². The summed E-state index contributed by atoms with van der Waals surface area (Å²) in [7, 11) is 0. The summed E-state index contributed by atoms with van der Waals surface area (Å²) in [4.78, 5) is 5.78. The van der Waals surface area contributed by atoms with Gasteiger partial charge in [-0.1, -0.05) is 12.1 Å². The predicted molar refractivity (Wildman–Crippen MR) is 84.0 cm³/mol. The molecule has 5 heteroatoms. The maximum absolute atomic E-state index is 12.9. The highest BCUT2D eigenvalue weighted by Gasteiger charge is 2.25. The average molecular weight is 308 g/mol. The van der Waals surface area contributed by atoms with Crippen LogP contribution in [0.25, 0.3) is 0 Å². The SMILES string of the molecule is Cc1nc(C(C)(C)NCC(O)c2ccc(F)cc2)sc1C. The molecule has 0 aliphatic heterocycles. The number of aromatic nitrogens is 1. The number of thiazole rings is 1. The summed E-state index contributed by atoms with van der Waals surface area (Å²) in [5.74, 6) is -0.298. The van der Waals surface area contributed by atoms with Crippen molar-refractivity contribution < 1.29 is 9.50 Å². The smallest absolute Gasteiger partial charge is 0.123 e. The Morgan fingerprint density at radius 2 is 1.90 bits per heavy atom. The molecule has 1 heterocycles. The summed E-state index contributed by atoms with van der Waals surface area (Å²) in [5, 5.41) is 14.5. The predicted octanol–water partition coefficient (Wildman–Crippen LogP) is 3.46. The molecule has 1 atom stereocenters. The van der Waals surface area contributed by atoms with Crippen LogP contribution in [0, 0.1) is 19.7 Å². The van der Waals surface area contributed by atoms with E-state index in [0.29, 0.717) is 12.1 Å². The normalized spacial score (nSPS) is 13.4. The Morgan fingerprint density at radius 1 is 1.29 bits per heavy atom. The van der Waals surface area contributed by atoms with Crippen molar-refractivity contribution in [3.05, 3.63) is 51.2 Å². The van der Waals surface area contributed by atoms with Gasteiger partial charge in [-0.2, -0.15) is 0 Å². The first kappa shape index (κ1) is 16.1. The van der Waals surface area contributed by atoms with Gasteiger partial charge in [0.05, 0.1) is 17.3 Å². The molecule has 0 radical (unpaired) electrons. The summed E-state index contributed by atoms with van der Waals surface area (Å²) in [6.07, 6.45) is -0.674. The number of hydrogen-bond acceptors (Lipinski definition) is 4. The first-order valence-corrected chi connectivity index (χ1v) is 7.74. The first-order chi connectivity index (χ1) is 9.79. The minimum Gasteiger partial charge on any atom is -0.387 e. The summed E-state index contributed by atoms with van der Waals surface area (Å²) in [5.41, 5.74) is 1.43. The van der Waals surface area contributed by atoms with Crippen LogP contribution >= 0.6 is 11.3 Å². The number of nitrogens with one attached hydrogen (secondary N) is 1. The van der Waals surface area contributed by atoms with Gasteiger partial charge in [0.2, 0.25) is 0 Å². The van der Waals surface area contributed by atoms with Crippen LogP contribution in [0.4, 0.5) is 4.39 Å². The monoisotopic (exact) mass is 308 g/mol. The zero-order chi connectivity index (χ0) is 15.6. The van der Waals surface area contributed by atoms with Crippen molar-refractivity contribution in [3.63, 3.8) is 0 Å². The third kappa shape index (κ3) is 3.87. The summed E-state index contributed by atoms with van der Waals surface area (Å²) < 4.78 is 12.9. The van der Waals surface area contributed by atoms with Crippen molar-refractivity contribution in [2.45, 2.75) is 39.3 Å². The van der Waals surface area contributed by atoms with Crippen LogP contribution in [0.15, 0.2) is 24.3 Å². The van der Waals surface area contributed by atoms with E-state index in [-0.39, 0.29) is 11.4 Å². The molecule has 1 aromatic heterocycles. The second-order valence-corrected chi connectivity index (χ2v) is 6.94. The molecular weight excluding hydrogens is 287 g/mol. The van der Waals surface area contributed by atoms with Crippen molar-refractivity contribution in [1.82, 2.24) is 10.3 Å². The third-order valence-corrected chi connectivity index (χ3v) is 4.95. The zero-order valence-electron chi connectivity index (χ0n) is 12.8. The van der Waals surface area contributed by atoms with Crippen LogP contribution in [0.1, 0.15) is 41.1 Å². The fraction of sp³-hybridized carbons (Fsp3) is 0.438. The Hall–Kier alpha value is -1.30. The molecule has 2 N–H and O–H groups in total. The van der Waals surface area contributed by atoms with Crippen molar-refractivity contribution in [1.29, 1.82) is 0 Å². The number of halogens is 1. The molecule has 0 saturated heterocycles. The van der Waals surface area contributed by atoms with Crippen LogP contribution in [0.5, 0.6) is 0 Å². The lowest BCUT2D eigenvalue weighted by atomic mass is 10.0. The van der Waals surface area contributed by atoms with Gasteiger partial charge in [0.25, 0.3) is 0 Å². The lowest BCUT2D eigenvalue weighted by molar-refractivity contribution is 0.161. The van der Waals surface area contributed by atoms with Gasteiger partial charge in [-0.05, 0) is 45.4 Å². The topological polar surface area (TPSA) is 45.2 Å². The highest BCUT2D eigenvalue weighted by molar-refractivity contribution is 7.11. The summed E-state index contributed by atoms with van der Waals surface area (Å²) in [6.45, 7) is 8.53. The van der Waals surface area contributed by atoms with Crippen LogP contribution in [0.3, 0.4) is 0 Å². The van der Waals surface area contributed by atoms with Crippen molar-refractivity contribution in [2.75, 3.05) is 6.54 Å². The summed E-state index contributed by atoms with van der Waals surface area (Å²) >= 11 is 1.67. The maximum atomic E-state index is 12.9. The number of aryl methyl sites for hydroxylation is 2. The lowest BCUT2D eigenvalue weighted by Gasteiger charge is -2.25. The molecule has 0 amide bonds. The van der Waals surface area contributed by atoms with Crippen LogP contribution in [0.2, 0.25) is 0 Å². The number of hydrogen-bond donors (Lipinski definition) is 2. The number of nitrogens with zero attached hydrogens (tertiary/aromatic N) is 1. The molecule has 0 saturated carbocycles. The number of aliphatic hydroxyl groups is 1. The van der Waals surface area contributed by atoms with Gasteiger partial charge in [0.15, 0.2) is 0 Å². The van der Waals surface area contributed by atoms with Gasteiger partial charge in [-0.15, -0.1) is 11.3 Å². The van der Waals surface area contributed by atoms with E-state index < -0.39 is 6.10 Å². The molecule has 0 aliphatic rings. The maximum Gasteiger partial charge on any atom is 0.123 e. The highest BCUT2D eigenvalue weighted by atomic mass is 32.1. The summed E-state index contributed by atoms with van der Waals surface area (Å²) in [6, 6.07) is 5.92. The Morgan fingerprint density at radius 3 is 2.43 bits per heavy atom. The van der Waals surface area contributed by atoms with Crippen LogP contribution in [-0.4, -0.2) is 16.6 Å². The molecule has 1 aromatic carbocycles. The Labute approximate surface area is 128 Å². The fourth-order valence-electron chi connectivity index (χ4n) is 1.97. The zero-order valence-corrected chi connectivity index (χ0v) is 13.6. The number of aliphatic hydroxyl groups excluding tert-OH is 1. The van der Waals surface area contributed by atoms with Gasteiger partial charge < -0.3 is 10.4 Å². The van der Waals surface area contributed by atoms with E-state index in [1.54, 1.807) is 23.5 Å². The minimum absolute atomic E-state index is 0.298. The highest BCUT2D eigenvalue weighted by Crippen LogP contribution is 2.27. The van der Waals surface area contributed by atoms with Crippen molar-refractivity contribution >= 4 is 11.3 Å². The van der Waals surface area contributed by atoms with Gasteiger partial charge in [-0.3, -0.25) is 0 Å². The molecule has 1 unspecified atom stereocenters.